The first-order valence-electron chi connectivity index (χ1n) is 11.9. The molecule has 4 N–H and O–H groups in total. The Hall–Kier alpha value is -2.82. The second-order valence-electron chi connectivity index (χ2n) is 9.76. The van der Waals surface area contributed by atoms with Gasteiger partial charge in [-0.3, -0.25) is 19.7 Å². The Labute approximate surface area is 213 Å². The van der Waals surface area contributed by atoms with E-state index in [1.165, 1.54) is 18.2 Å². The quantitative estimate of drug-likeness (QED) is 0.399. The maximum Gasteiger partial charge on any atom is 0.252 e. The summed E-state index contributed by atoms with van der Waals surface area (Å²) >= 11 is 5.94. The highest BCUT2D eigenvalue weighted by molar-refractivity contribution is 6.31. The van der Waals surface area contributed by atoms with Crippen molar-refractivity contribution in [1.82, 2.24) is 20.0 Å². The number of nitrogens with two attached hydrogens (primary N) is 1. The van der Waals surface area contributed by atoms with Gasteiger partial charge in [-0.1, -0.05) is 41.9 Å². The fourth-order valence-corrected chi connectivity index (χ4v) is 5.20. The van der Waals surface area contributed by atoms with Crippen LogP contribution in [0.5, 0.6) is 0 Å². The highest BCUT2D eigenvalue weighted by atomic mass is 35.5. The highest BCUT2D eigenvalue weighted by Crippen LogP contribution is 2.36. The minimum Gasteiger partial charge on any atom is -0.373 e. The fourth-order valence-electron chi connectivity index (χ4n) is 5.02. The Morgan fingerprint density at radius 3 is 2.75 bits per heavy atom. The van der Waals surface area contributed by atoms with E-state index in [9.17, 15) is 14.3 Å². The molecule has 0 saturated heterocycles. The van der Waals surface area contributed by atoms with E-state index < -0.39 is 18.1 Å². The number of nitrogens with zero attached hydrogens (tertiary/aromatic N) is 3. The lowest BCUT2D eigenvalue weighted by Gasteiger charge is -2.48. The molecule has 1 unspecified atom stereocenters. The van der Waals surface area contributed by atoms with Gasteiger partial charge < -0.3 is 15.6 Å². The predicted molar refractivity (Wildman–Crippen MR) is 133 cm³/mol. The molecule has 1 aromatic heterocycles. The van der Waals surface area contributed by atoms with Gasteiger partial charge in [-0.05, 0) is 43.5 Å². The lowest BCUT2D eigenvalue weighted by atomic mass is 9.75. The summed E-state index contributed by atoms with van der Waals surface area (Å²) in [6.45, 7) is 3.89. The van der Waals surface area contributed by atoms with Gasteiger partial charge >= 0.3 is 0 Å². The first-order valence-corrected chi connectivity index (χ1v) is 12.3. The molecule has 10 heteroatoms. The summed E-state index contributed by atoms with van der Waals surface area (Å²) in [7, 11) is 0. The zero-order valence-corrected chi connectivity index (χ0v) is 20.7. The van der Waals surface area contributed by atoms with Crippen LogP contribution in [0.4, 0.5) is 4.39 Å². The molecular formula is C26H29ClFN5O3. The van der Waals surface area contributed by atoms with Crippen LogP contribution < -0.4 is 11.1 Å². The Balaban J connectivity index is 1.24. The molecule has 0 bridgehead atoms. The van der Waals surface area contributed by atoms with Crippen LogP contribution in [0, 0.1) is 5.82 Å². The average Bonchev–Trinajstić information content (AvgIpc) is 3.23. The first-order chi connectivity index (χ1) is 17.2. The largest absolute Gasteiger partial charge is 0.373 e. The number of aliphatic hydroxyl groups is 1. The van der Waals surface area contributed by atoms with E-state index in [2.05, 4.69) is 17.3 Å². The number of fused-ring (bicyclic) bond motifs is 1. The lowest BCUT2D eigenvalue weighted by Crippen LogP contribution is -2.63. The third-order valence-corrected chi connectivity index (χ3v) is 7.25. The average molecular weight is 514 g/mol. The zero-order chi connectivity index (χ0) is 25.4. The van der Waals surface area contributed by atoms with Gasteiger partial charge in [0.2, 0.25) is 0 Å². The molecule has 2 heterocycles. The van der Waals surface area contributed by atoms with E-state index in [0.717, 1.165) is 18.4 Å². The van der Waals surface area contributed by atoms with Crippen LogP contribution in [-0.2, 0) is 24.4 Å². The molecule has 0 spiro atoms. The van der Waals surface area contributed by atoms with Crippen LogP contribution >= 0.6 is 11.6 Å². The Morgan fingerprint density at radius 2 is 2.06 bits per heavy atom. The van der Waals surface area contributed by atoms with Gasteiger partial charge in [0, 0.05) is 24.2 Å². The molecule has 1 atom stereocenters. The van der Waals surface area contributed by atoms with Gasteiger partial charge in [-0.2, -0.15) is 5.10 Å². The van der Waals surface area contributed by atoms with E-state index in [4.69, 9.17) is 22.1 Å². The van der Waals surface area contributed by atoms with E-state index in [-0.39, 0.29) is 28.8 Å². The molecule has 1 aliphatic heterocycles. The Bertz CT molecular complexity index is 1260. The third-order valence-electron chi connectivity index (χ3n) is 6.96. The molecule has 1 aliphatic carbocycles. The normalized spacial score (nSPS) is 22.6. The maximum atomic E-state index is 13.7. The SMILES string of the molecule is CC1(NC(O)N2CCn3nc(-c4ccc(F)c(Cl)c4)c(C(N)=O)c3C2)CC(OCc2ccccc2)C1. The summed E-state index contributed by atoms with van der Waals surface area (Å²) < 4.78 is 21.4. The van der Waals surface area contributed by atoms with Gasteiger partial charge in [-0.15, -0.1) is 0 Å². The number of hydrogen-bond donors (Lipinski definition) is 3. The van der Waals surface area contributed by atoms with Crippen molar-refractivity contribution in [1.29, 1.82) is 0 Å². The number of amides is 1. The molecule has 36 heavy (non-hydrogen) atoms. The number of benzene rings is 2. The summed E-state index contributed by atoms with van der Waals surface area (Å²) in [6, 6.07) is 14.2. The highest BCUT2D eigenvalue weighted by Gasteiger charge is 2.43. The first kappa shape index (κ1) is 24.9. The third kappa shape index (κ3) is 5.02. The predicted octanol–water partition coefficient (Wildman–Crippen LogP) is 3.26. The van der Waals surface area contributed by atoms with Crippen molar-refractivity contribution in [2.45, 2.75) is 57.5 Å². The summed E-state index contributed by atoms with van der Waals surface area (Å²) in [5.41, 5.74) is 8.30. The number of rotatable bonds is 8. The van der Waals surface area contributed by atoms with Crippen LogP contribution in [0.25, 0.3) is 11.3 Å². The zero-order valence-electron chi connectivity index (χ0n) is 20.0. The topological polar surface area (TPSA) is 106 Å². The molecule has 2 aromatic carbocycles. The lowest BCUT2D eigenvalue weighted by molar-refractivity contribution is -0.110. The van der Waals surface area contributed by atoms with Crippen molar-refractivity contribution >= 4 is 17.5 Å². The number of carbonyl (C=O) groups excluding carboxylic acids is 1. The van der Waals surface area contributed by atoms with Crippen molar-refractivity contribution in [3.63, 3.8) is 0 Å². The number of nitrogens with one attached hydrogen (secondary N) is 1. The van der Waals surface area contributed by atoms with Crippen LogP contribution in [0.1, 0.15) is 41.4 Å². The van der Waals surface area contributed by atoms with Gasteiger partial charge in [-0.25, -0.2) is 4.39 Å². The van der Waals surface area contributed by atoms with E-state index >= 15 is 0 Å². The van der Waals surface area contributed by atoms with Gasteiger partial charge in [0.15, 0.2) is 6.35 Å². The van der Waals surface area contributed by atoms with Crippen molar-refractivity contribution in [3.8, 4) is 11.3 Å². The Morgan fingerprint density at radius 1 is 1.31 bits per heavy atom. The minimum absolute atomic E-state index is 0.0602. The standard InChI is InChI=1S/C26H29ClFN5O3/c1-26(12-18(13-26)36-15-16-5-3-2-4-6-16)30-25(35)32-9-10-33-21(14-32)22(24(29)34)23(31-33)17-7-8-20(28)19(27)11-17/h2-8,11,18,25,30,35H,9-10,12-15H2,1H3,(H2,29,34). The molecule has 0 radical (unpaired) electrons. The monoisotopic (exact) mass is 513 g/mol. The number of ether oxygens (including phenoxy) is 1. The second kappa shape index (κ2) is 9.91. The van der Waals surface area contributed by atoms with Crippen molar-refractivity contribution in [2.24, 2.45) is 5.73 Å². The fraction of sp³-hybridized carbons (Fsp3) is 0.385. The number of hydrogen-bond acceptors (Lipinski definition) is 6. The van der Waals surface area contributed by atoms with Crippen LogP contribution in [-0.4, -0.2) is 50.2 Å². The van der Waals surface area contributed by atoms with Crippen LogP contribution in [0.3, 0.4) is 0 Å². The van der Waals surface area contributed by atoms with Crippen LogP contribution in [0.2, 0.25) is 5.02 Å². The van der Waals surface area contributed by atoms with Crippen LogP contribution in [0.15, 0.2) is 48.5 Å². The maximum absolute atomic E-state index is 13.7. The molecule has 1 fully saturated rings. The molecular weight excluding hydrogens is 485 g/mol. The number of primary amides is 1. The summed E-state index contributed by atoms with van der Waals surface area (Å²) in [5, 5.41) is 18.8. The van der Waals surface area contributed by atoms with E-state index in [0.29, 0.717) is 36.6 Å². The van der Waals surface area contributed by atoms with Crippen molar-refractivity contribution < 1.29 is 19.0 Å². The van der Waals surface area contributed by atoms with Gasteiger partial charge in [0.25, 0.3) is 5.91 Å². The van der Waals surface area contributed by atoms with Crippen molar-refractivity contribution in [2.75, 3.05) is 6.54 Å². The molecule has 3 aromatic rings. The van der Waals surface area contributed by atoms with E-state index in [1.807, 2.05) is 35.2 Å². The molecule has 5 rings (SSSR count). The number of halogens is 2. The molecule has 1 amide bonds. The number of aromatic nitrogens is 2. The minimum atomic E-state index is -0.918. The van der Waals surface area contributed by atoms with Gasteiger partial charge in [0.1, 0.15) is 11.5 Å². The summed E-state index contributed by atoms with van der Waals surface area (Å²) in [6.07, 6.45) is 0.775. The Kier molecular flexibility index (Phi) is 6.84. The molecule has 1 saturated carbocycles. The summed E-state index contributed by atoms with van der Waals surface area (Å²) in [5.74, 6) is -1.19. The second-order valence-corrected chi connectivity index (χ2v) is 10.2. The number of aliphatic hydroxyl groups excluding tert-OH is 1. The smallest absolute Gasteiger partial charge is 0.252 e. The molecule has 8 nitrogen and oxygen atoms in total. The molecule has 2 aliphatic rings. The van der Waals surface area contributed by atoms with Crippen molar-refractivity contribution in [3.05, 3.63) is 76.2 Å². The van der Waals surface area contributed by atoms with E-state index in [1.54, 1.807) is 4.68 Å². The van der Waals surface area contributed by atoms with Gasteiger partial charge in [0.05, 0.1) is 35.5 Å². The molecule has 190 valence electrons. The summed E-state index contributed by atoms with van der Waals surface area (Å²) in [4.78, 5) is 14.2. The number of carbonyl (C=O) groups is 1.